The Morgan fingerprint density at radius 2 is 0.442 bits per heavy atom. The molecular weight excluding hydrogens is 1020 g/mol. The van der Waals surface area contributed by atoms with Crippen LogP contribution in [0.15, 0.2) is 75.9 Å². The predicted molar refractivity (Wildman–Crippen MR) is 279 cm³/mol. The standard InChI is InChI=1S/C54H86O23/c1-7-47(55)15-13-17-61-19-25-67-39-53(41-69-27-21-63-31-35-74-49(57)9-3,42-70-28-22-64-32-36-75-50(58)10-4)45-73-46-54(40-68-26-20-62-18-14-16-48(56)8-2,43-71-29-23-65-33-37-76-51(59)11-5)44-72-30-24-66-34-38-77-52(60)12-6/h7-12H,1-6,13-46H2. The second-order valence-corrected chi connectivity index (χ2v) is 16.5. The van der Waals surface area contributed by atoms with E-state index in [1.165, 1.54) is 12.2 Å². The third-order valence-corrected chi connectivity index (χ3v) is 9.93. The molecule has 0 aliphatic carbocycles. The van der Waals surface area contributed by atoms with Crippen molar-refractivity contribution in [3.63, 3.8) is 0 Å². The summed E-state index contributed by atoms with van der Waals surface area (Å²) in [6.07, 6.45) is 8.46. The van der Waals surface area contributed by atoms with Crippen molar-refractivity contribution in [1.29, 1.82) is 0 Å². The highest BCUT2D eigenvalue weighted by Gasteiger charge is 2.37. The van der Waals surface area contributed by atoms with Crippen molar-refractivity contribution in [3.05, 3.63) is 75.9 Å². The maximum atomic E-state index is 11.7. The number of hydrogen-bond acceptors (Lipinski definition) is 23. The predicted octanol–water partition coefficient (Wildman–Crippen LogP) is 3.16. The fourth-order valence-corrected chi connectivity index (χ4v) is 5.98. The second kappa shape index (κ2) is 51.9. The average Bonchev–Trinajstić information content (AvgIpc) is 3.44. The molecule has 0 unspecified atom stereocenters. The molecule has 0 amide bonds. The molecule has 23 heteroatoms. The van der Waals surface area contributed by atoms with Crippen molar-refractivity contribution in [2.45, 2.75) is 25.7 Å². The Balaban J connectivity index is 6.56. The third kappa shape index (κ3) is 44.8. The summed E-state index contributed by atoms with van der Waals surface area (Å²) in [5.74, 6) is -2.42. The van der Waals surface area contributed by atoms with E-state index in [0.29, 0.717) is 38.9 Å². The van der Waals surface area contributed by atoms with E-state index in [9.17, 15) is 28.8 Å². The van der Waals surface area contributed by atoms with E-state index in [1.807, 2.05) is 0 Å². The van der Waals surface area contributed by atoms with Crippen molar-refractivity contribution in [2.75, 3.05) is 198 Å². The van der Waals surface area contributed by atoms with Gasteiger partial charge in [-0.05, 0) is 25.0 Å². The molecule has 0 aromatic carbocycles. The summed E-state index contributed by atoms with van der Waals surface area (Å²) in [6, 6.07) is 0. The minimum atomic E-state index is -0.976. The van der Waals surface area contributed by atoms with Gasteiger partial charge in [0.05, 0.1) is 169 Å². The first-order valence-electron chi connectivity index (χ1n) is 25.4. The van der Waals surface area contributed by atoms with Gasteiger partial charge in [-0.25, -0.2) is 19.2 Å². The fraction of sp³-hybridized carbons (Fsp3) is 0.667. The SMILES string of the molecule is C=CC(=O)CCCOCCOCC(COCCOCCOC(=O)C=C)(COCCOCCOC(=O)C=C)COCC(COCCOCCCC(=O)C=C)(COCCOCCOC(=O)C=C)COCCOCCOC(=O)C=C. The molecule has 0 spiro atoms. The quantitative estimate of drug-likeness (QED) is 0.0367. The number of allylic oxidation sites excluding steroid dienone is 2. The Hall–Kier alpha value is -4.86. The maximum Gasteiger partial charge on any atom is 0.330 e. The topological polar surface area (TPSA) is 259 Å². The first-order valence-corrected chi connectivity index (χ1v) is 25.4. The van der Waals surface area contributed by atoms with Crippen LogP contribution in [0.3, 0.4) is 0 Å². The van der Waals surface area contributed by atoms with E-state index in [4.69, 9.17) is 80.5 Å². The summed E-state index contributed by atoms with van der Waals surface area (Å²) >= 11 is 0. The van der Waals surface area contributed by atoms with Crippen LogP contribution in [0.4, 0.5) is 0 Å². The molecule has 0 fully saturated rings. The molecule has 77 heavy (non-hydrogen) atoms. The summed E-state index contributed by atoms with van der Waals surface area (Å²) in [5.41, 5.74) is -1.95. The highest BCUT2D eigenvalue weighted by Crippen LogP contribution is 2.26. The summed E-state index contributed by atoms with van der Waals surface area (Å²) in [5, 5.41) is 0. The Morgan fingerprint density at radius 1 is 0.247 bits per heavy atom. The summed E-state index contributed by atoms with van der Waals surface area (Å²) in [6.45, 7) is 24.2. The van der Waals surface area contributed by atoms with Gasteiger partial charge in [-0.1, -0.05) is 39.5 Å². The molecule has 23 nitrogen and oxygen atoms in total. The molecule has 0 aromatic rings. The number of ether oxygens (including phenoxy) is 17. The maximum absolute atomic E-state index is 11.7. The first kappa shape index (κ1) is 72.1. The molecule has 0 aromatic heterocycles. The van der Waals surface area contributed by atoms with E-state index in [-0.39, 0.29) is 197 Å². The van der Waals surface area contributed by atoms with Crippen LogP contribution >= 0.6 is 0 Å². The molecule has 440 valence electrons. The summed E-state index contributed by atoms with van der Waals surface area (Å²) in [7, 11) is 0. The van der Waals surface area contributed by atoms with Crippen LogP contribution in [0, 0.1) is 10.8 Å². The molecule has 0 rings (SSSR count). The smallest absolute Gasteiger partial charge is 0.330 e. The lowest BCUT2D eigenvalue weighted by Crippen LogP contribution is -2.46. The van der Waals surface area contributed by atoms with Crippen molar-refractivity contribution < 1.29 is 109 Å². The van der Waals surface area contributed by atoms with E-state index in [1.54, 1.807) is 0 Å². The number of hydrogen-bond donors (Lipinski definition) is 0. The molecule has 0 bridgehead atoms. The fourth-order valence-electron chi connectivity index (χ4n) is 5.98. The normalized spacial score (nSPS) is 11.3. The first-order chi connectivity index (χ1) is 37.4. The van der Waals surface area contributed by atoms with Crippen molar-refractivity contribution in [2.24, 2.45) is 10.8 Å². The van der Waals surface area contributed by atoms with Gasteiger partial charge < -0.3 is 80.5 Å². The minimum Gasteiger partial charge on any atom is -0.460 e. The van der Waals surface area contributed by atoms with Crippen LogP contribution in [0.5, 0.6) is 0 Å². The zero-order valence-corrected chi connectivity index (χ0v) is 45.1. The van der Waals surface area contributed by atoms with E-state index in [0.717, 1.165) is 24.3 Å². The third-order valence-electron chi connectivity index (χ3n) is 9.93. The van der Waals surface area contributed by atoms with E-state index in [2.05, 4.69) is 39.5 Å². The van der Waals surface area contributed by atoms with Gasteiger partial charge in [0.1, 0.15) is 26.4 Å². The van der Waals surface area contributed by atoms with Gasteiger partial charge in [0.25, 0.3) is 0 Å². The number of ketones is 2. The van der Waals surface area contributed by atoms with Crippen molar-refractivity contribution >= 4 is 35.4 Å². The van der Waals surface area contributed by atoms with Crippen LogP contribution in [0.2, 0.25) is 0 Å². The molecule has 0 saturated carbocycles. The Morgan fingerprint density at radius 3 is 0.662 bits per heavy atom. The van der Waals surface area contributed by atoms with Crippen molar-refractivity contribution in [1.82, 2.24) is 0 Å². The largest absolute Gasteiger partial charge is 0.460 e. The van der Waals surface area contributed by atoms with Gasteiger partial charge >= 0.3 is 23.9 Å². The van der Waals surface area contributed by atoms with E-state index < -0.39 is 34.7 Å². The Kier molecular flexibility index (Phi) is 48.6. The number of rotatable bonds is 60. The monoisotopic (exact) mass is 1100 g/mol. The number of carbonyl (C=O) groups is 6. The van der Waals surface area contributed by atoms with Gasteiger partial charge in [0.2, 0.25) is 0 Å². The van der Waals surface area contributed by atoms with Gasteiger partial charge in [0, 0.05) is 50.4 Å². The molecule has 0 atom stereocenters. The van der Waals surface area contributed by atoms with Crippen LogP contribution in [0.25, 0.3) is 0 Å². The zero-order valence-electron chi connectivity index (χ0n) is 45.1. The average molecular weight is 1100 g/mol. The van der Waals surface area contributed by atoms with Crippen LogP contribution in [0.1, 0.15) is 25.7 Å². The molecular formula is C54H86O23. The summed E-state index contributed by atoms with van der Waals surface area (Å²) < 4.78 is 97.6. The van der Waals surface area contributed by atoms with Gasteiger partial charge in [-0.3, -0.25) is 9.59 Å². The van der Waals surface area contributed by atoms with Gasteiger partial charge in [0.15, 0.2) is 11.6 Å². The highest BCUT2D eigenvalue weighted by molar-refractivity contribution is 5.89. The molecule has 0 aliphatic heterocycles. The molecule has 0 heterocycles. The molecule has 0 radical (unpaired) electrons. The number of esters is 4. The van der Waals surface area contributed by atoms with Crippen LogP contribution in [-0.4, -0.2) is 234 Å². The minimum absolute atomic E-state index is 0.00160. The van der Waals surface area contributed by atoms with Crippen LogP contribution in [-0.2, 0) is 109 Å². The lowest BCUT2D eigenvalue weighted by molar-refractivity contribution is -0.151. The molecule has 0 N–H and O–H groups in total. The lowest BCUT2D eigenvalue weighted by Gasteiger charge is -2.37. The molecule has 0 saturated heterocycles. The van der Waals surface area contributed by atoms with Crippen molar-refractivity contribution in [3.8, 4) is 0 Å². The van der Waals surface area contributed by atoms with Gasteiger partial charge in [-0.15, -0.1) is 0 Å². The van der Waals surface area contributed by atoms with E-state index >= 15 is 0 Å². The zero-order chi connectivity index (χ0) is 56.8. The Bertz CT molecular complexity index is 1340. The summed E-state index contributed by atoms with van der Waals surface area (Å²) in [4.78, 5) is 69.1. The lowest BCUT2D eigenvalue weighted by atomic mass is 9.90. The van der Waals surface area contributed by atoms with Crippen LogP contribution < -0.4 is 0 Å². The number of carbonyl (C=O) groups excluding carboxylic acids is 6. The highest BCUT2D eigenvalue weighted by atomic mass is 16.6. The Labute approximate surface area is 454 Å². The second-order valence-electron chi connectivity index (χ2n) is 16.5. The molecule has 0 aliphatic rings. The van der Waals surface area contributed by atoms with Gasteiger partial charge in [-0.2, -0.15) is 0 Å².